The predicted molar refractivity (Wildman–Crippen MR) is 88.0 cm³/mol. The van der Waals surface area contributed by atoms with E-state index in [4.69, 9.17) is 12.2 Å². The molecule has 1 aromatic carbocycles. The van der Waals surface area contributed by atoms with Gasteiger partial charge in [-0.1, -0.05) is 6.07 Å². The van der Waals surface area contributed by atoms with E-state index < -0.39 is 16.1 Å². The number of hydrogen-bond acceptors (Lipinski definition) is 4. The standard InChI is InChI=1S/C13H21N3O3S2/c1-9-5-6-11(21(18,19)16(3)4)7-12(9)15-13(20)14-8-10(2)17/h5-7,10,17H,8H2,1-4H3,(H2,14,15,20). The van der Waals surface area contributed by atoms with Crippen LogP contribution in [0.15, 0.2) is 23.1 Å². The highest BCUT2D eigenvalue weighted by Gasteiger charge is 2.18. The molecule has 1 unspecified atom stereocenters. The fourth-order valence-corrected chi connectivity index (χ4v) is 2.64. The Bertz CT molecular complexity index is 613. The summed E-state index contributed by atoms with van der Waals surface area (Å²) < 4.78 is 25.4. The monoisotopic (exact) mass is 331 g/mol. The molecule has 21 heavy (non-hydrogen) atoms. The third-order valence-corrected chi connectivity index (χ3v) is 4.85. The minimum Gasteiger partial charge on any atom is -0.392 e. The maximum absolute atomic E-state index is 12.1. The van der Waals surface area contributed by atoms with Crippen LogP contribution >= 0.6 is 12.2 Å². The van der Waals surface area contributed by atoms with E-state index in [0.717, 1.165) is 9.87 Å². The molecular formula is C13H21N3O3S2. The maximum atomic E-state index is 12.1. The highest BCUT2D eigenvalue weighted by molar-refractivity contribution is 7.89. The lowest BCUT2D eigenvalue weighted by Gasteiger charge is -2.16. The number of nitrogens with one attached hydrogen (secondary N) is 2. The first-order valence-corrected chi connectivity index (χ1v) is 8.25. The summed E-state index contributed by atoms with van der Waals surface area (Å²) in [5.74, 6) is 0. The second kappa shape index (κ2) is 7.17. The Kier molecular flexibility index (Phi) is 6.09. The van der Waals surface area contributed by atoms with Gasteiger partial charge >= 0.3 is 0 Å². The molecule has 0 amide bonds. The predicted octanol–water partition coefficient (Wildman–Crippen LogP) is 0.913. The summed E-state index contributed by atoms with van der Waals surface area (Å²) >= 11 is 5.11. The van der Waals surface area contributed by atoms with Crippen molar-refractivity contribution in [2.45, 2.75) is 24.8 Å². The van der Waals surface area contributed by atoms with Gasteiger partial charge in [0.2, 0.25) is 10.0 Å². The molecule has 1 atom stereocenters. The minimum absolute atomic E-state index is 0.193. The highest BCUT2D eigenvalue weighted by atomic mass is 32.2. The van der Waals surface area contributed by atoms with Gasteiger partial charge < -0.3 is 15.7 Å². The number of benzene rings is 1. The van der Waals surface area contributed by atoms with Gasteiger partial charge in [0.15, 0.2) is 5.11 Å². The van der Waals surface area contributed by atoms with E-state index in [1.807, 2.05) is 6.92 Å². The van der Waals surface area contributed by atoms with E-state index in [9.17, 15) is 13.5 Å². The number of aryl methyl sites for hydroxylation is 1. The summed E-state index contributed by atoms with van der Waals surface area (Å²) in [6, 6.07) is 4.82. The lowest BCUT2D eigenvalue weighted by molar-refractivity contribution is 0.198. The Balaban J connectivity index is 2.96. The van der Waals surface area contributed by atoms with Crippen LogP contribution in [0, 0.1) is 6.92 Å². The topological polar surface area (TPSA) is 81.7 Å². The summed E-state index contributed by atoms with van der Waals surface area (Å²) in [6.07, 6.45) is -0.522. The van der Waals surface area contributed by atoms with Crippen molar-refractivity contribution in [2.75, 3.05) is 26.0 Å². The van der Waals surface area contributed by atoms with Crippen molar-refractivity contribution < 1.29 is 13.5 Å². The summed E-state index contributed by atoms with van der Waals surface area (Å²) in [5, 5.41) is 15.3. The van der Waals surface area contributed by atoms with Crippen LogP contribution in [0.25, 0.3) is 0 Å². The lowest BCUT2D eigenvalue weighted by Crippen LogP contribution is -2.34. The molecule has 0 aliphatic carbocycles. The highest BCUT2D eigenvalue weighted by Crippen LogP contribution is 2.21. The summed E-state index contributed by atoms with van der Waals surface area (Å²) in [4.78, 5) is 0.193. The largest absolute Gasteiger partial charge is 0.392 e. The zero-order valence-corrected chi connectivity index (χ0v) is 14.2. The van der Waals surface area contributed by atoms with Gasteiger partial charge in [0.05, 0.1) is 11.0 Å². The van der Waals surface area contributed by atoms with Gasteiger partial charge in [-0.05, 0) is 43.8 Å². The number of hydrogen-bond donors (Lipinski definition) is 3. The SMILES string of the molecule is Cc1ccc(S(=O)(=O)N(C)C)cc1NC(=S)NCC(C)O. The molecule has 0 bridgehead atoms. The molecule has 0 spiro atoms. The molecule has 0 saturated carbocycles. The second-order valence-electron chi connectivity index (χ2n) is 4.95. The number of rotatable bonds is 5. The van der Waals surface area contributed by atoms with Crippen LogP contribution < -0.4 is 10.6 Å². The van der Waals surface area contributed by atoms with Crippen LogP contribution in [0.1, 0.15) is 12.5 Å². The average molecular weight is 331 g/mol. The molecule has 6 nitrogen and oxygen atoms in total. The minimum atomic E-state index is -3.49. The first-order valence-electron chi connectivity index (χ1n) is 6.40. The van der Waals surface area contributed by atoms with Crippen molar-refractivity contribution in [3.63, 3.8) is 0 Å². The fourth-order valence-electron chi connectivity index (χ4n) is 1.51. The molecule has 118 valence electrons. The lowest BCUT2D eigenvalue weighted by atomic mass is 10.2. The molecule has 0 fully saturated rings. The smallest absolute Gasteiger partial charge is 0.242 e. The Morgan fingerprint density at radius 1 is 1.43 bits per heavy atom. The number of aliphatic hydroxyl groups excluding tert-OH is 1. The van der Waals surface area contributed by atoms with E-state index in [2.05, 4.69) is 10.6 Å². The number of sulfonamides is 1. The third kappa shape index (κ3) is 4.92. The van der Waals surface area contributed by atoms with Crippen molar-refractivity contribution in [2.24, 2.45) is 0 Å². The number of thiocarbonyl (C=S) groups is 1. The van der Waals surface area contributed by atoms with E-state index >= 15 is 0 Å². The van der Waals surface area contributed by atoms with Crippen molar-refractivity contribution in [3.05, 3.63) is 23.8 Å². The van der Waals surface area contributed by atoms with Gasteiger partial charge in [0.25, 0.3) is 0 Å². The first-order chi connectivity index (χ1) is 9.64. The fraction of sp³-hybridized carbons (Fsp3) is 0.462. The van der Waals surface area contributed by atoms with Crippen LogP contribution in [0.4, 0.5) is 5.69 Å². The molecule has 8 heteroatoms. The molecule has 0 aliphatic heterocycles. The third-order valence-electron chi connectivity index (χ3n) is 2.79. The van der Waals surface area contributed by atoms with Crippen LogP contribution in [0.5, 0.6) is 0 Å². The Labute approximate surface area is 131 Å². The zero-order valence-electron chi connectivity index (χ0n) is 12.5. The van der Waals surface area contributed by atoms with Crippen LogP contribution in [-0.4, -0.2) is 49.7 Å². The molecule has 0 aliphatic rings. The van der Waals surface area contributed by atoms with Crippen molar-refractivity contribution in [1.29, 1.82) is 0 Å². The van der Waals surface area contributed by atoms with Gasteiger partial charge in [-0.15, -0.1) is 0 Å². The van der Waals surface area contributed by atoms with E-state index in [1.54, 1.807) is 25.1 Å². The maximum Gasteiger partial charge on any atom is 0.242 e. The van der Waals surface area contributed by atoms with E-state index in [-0.39, 0.29) is 4.90 Å². The summed E-state index contributed by atoms with van der Waals surface area (Å²) in [6.45, 7) is 3.82. The van der Waals surface area contributed by atoms with Gasteiger partial charge in [0, 0.05) is 26.3 Å². The van der Waals surface area contributed by atoms with Gasteiger partial charge in [0.1, 0.15) is 0 Å². The van der Waals surface area contributed by atoms with Crippen LogP contribution in [-0.2, 0) is 10.0 Å². The van der Waals surface area contributed by atoms with Gasteiger partial charge in [-0.2, -0.15) is 0 Å². The van der Waals surface area contributed by atoms with E-state index in [0.29, 0.717) is 17.3 Å². The molecule has 0 saturated heterocycles. The Hall–Kier alpha value is -1.22. The average Bonchev–Trinajstić information content (AvgIpc) is 2.38. The van der Waals surface area contributed by atoms with Gasteiger partial charge in [-0.25, -0.2) is 12.7 Å². The van der Waals surface area contributed by atoms with E-state index in [1.165, 1.54) is 14.1 Å². The summed E-state index contributed by atoms with van der Waals surface area (Å²) in [7, 11) is -0.522. The number of aliphatic hydroxyl groups is 1. The zero-order chi connectivity index (χ0) is 16.2. The molecule has 1 aromatic rings. The molecule has 0 radical (unpaired) electrons. The summed E-state index contributed by atoms with van der Waals surface area (Å²) in [5.41, 5.74) is 1.48. The van der Waals surface area contributed by atoms with Crippen molar-refractivity contribution in [1.82, 2.24) is 9.62 Å². The second-order valence-corrected chi connectivity index (χ2v) is 7.51. The molecule has 3 N–H and O–H groups in total. The van der Waals surface area contributed by atoms with Crippen LogP contribution in [0.3, 0.4) is 0 Å². The Morgan fingerprint density at radius 3 is 2.57 bits per heavy atom. The first kappa shape index (κ1) is 17.8. The number of nitrogens with zero attached hydrogens (tertiary/aromatic N) is 1. The normalized spacial score (nSPS) is 13.0. The number of anilines is 1. The van der Waals surface area contributed by atoms with Crippen molar-refractivity contribution in [3.8, 4) is 0 Å². The quantitative estimate of drug-likeness (QED) is 0.696. The van der Waals surface area contributed by atoms with Crippen LogP contribution in [0.2, 0.25) is 0 Å². The van der Waals surface area contributed by atoms with Crippen molar-refractivity contribution >= 4 is 33.0 Å². The molecule has 0 aromatic heterocycles. The molecule has 0 heterocycles. The molecule has 1 rings (SSSR count). The van der Waals surface area contributed by atoms with Gasteiger partial charge in [-0.3, -0.25) is 0 Å². The Morgan fingerprint density at radius 2 is 2.05 bits per heavy atom. The molecular weight excluding hydrogens is 310 g/mol.